The van der Waals surface area contributed by atoms with Crippen LogP contribution in [0, 0.1) is 0 Å². The van der Waals surface area contributed by atoms with E-state index in [4.69, 9.17) is 0 Å². The van der Waals surface area contributed by atoms with Crippen molar-refractivity contribution >= 4 is 15.9 Å². The number of rotatable bonds is 6. The molecule has 0 fully saturated rings. The summed E-state index contributed by atoms with van der Waals surface area (Å²) in [5, 5.41) is 3.64. The Kier molecular flexibility index (Phi) is 6.07. The molecule has 0 amide bonds. The van der Waals surface area contributed by atoms with Crippen LogP contribution in [0.25, 0.3) is 0 Å². The molecule has 1 aromatic rings. The molecule has 0 radical (unpaired) electrons. The largest absolute Gasteiger partial charge is 0.308 e. The van der Waals surface area contributed by atoms with E-state index in [1.165, 1.54) is 24.8 Å². The number of nitrogens with one attached hydrogen (secondary N) is 1. The predicted octanol–water partition coefficient (Wildman–Crippen LogP) is 4.68. The molecule has 0 spiro atoms. The van der Waals surface area contributed by atoms with E-state index in [1.54, 1.807) is 0 Å². The van der Waals surface area contributed by atoms with Crippen LogP contribution in [0.2, 0.25) is 0 Å². The van der Waals surface area contributed by atoms with Crippen molar-refractivity contribution in [3.05, 3.63) is 34.3 Å². The van der Waals surface area contributed by atoms with E-state index in [2.05, 4.69) is 66.3 Å². The first kappa shape index (κ1) is 13.7. The average molecular weight is 284 g/mol. The average Bonchev–Trinajstić information content (AvgIpc) is 2.26. The molecule has 1 rings (SSSR count). The lowest BCUT2D eigenvalue weighted by Gasteiger charge is -2.20. The number of hydrogen-bond donors (Lipinski definition) is 1. The molecule has 1 unspecified atom stereocenters. The van der Waals surface area contributed by atoms with Crippen LogP contribution in [0.5, 0.6) is 0 Å². The molecule has 0 aliphatic carbocycles. The summed E-state index contributed by atoms with van der Waals surface area (Å²) < 4.78 is 1.15. The lowest BCUT2D eigenvalue weighted by atomic mass is 10.1. The Morgan fingerprint density at radius 2 is 2.06 bits per heavy atom. The van der Waals surface area contributed by atoms with Crippen LogP contribution in [0.15, 0.2) is 28.7 Å². The number of unbranched alkanes of at least 4 members (excludes halogenated alkanes) is 1. The van der Waals surface area contributed by atoms with E-state index in [0.717, 1.165) is 4.47 Å². The normalized spacial score (nSPS) is 14.8. The van der Waals surface area contributed by atoms with Gasteiger partial charge in [0.25, 0.3) is 0 Å². The first-order chi connectivity index (χ1) is 7.63. The summed E-state index contributed by atoms with van der Waals surface area (Å²) in [5.41, 5.74) is 1.35. The minimum Gasteiger partial charge on any atom is -0.308 e. The van der Waals surface area contributed by atoms with Gasteiger partial charge in [-0.3, -0.25) is 0 Å². The fraction of sp³-hybridized carbons (Fsp3) is 0.571. The van der Waals surface area contributed by atoms with Crippen molar-refractivity contribution in [2.45, 2.75) is 52.1 Å². The third kappa shape index (κ3) is 4.67. The number of benzene rings is 1. The molecule has 0 heterocycles. The topological polar surface area (TPSA) is 12.0 Å². The summed E-state index contributed by atoms with van der Waals surface area (Å²) in [6.45, 7) is 6.73. The lowest BCUT2D eigenvalue weighted by molar-refractivity contribution is 0.444. The van der Waals surface area contributed by atoms with Crippen molar-refractivity contribution < 1.29 is 0 Å². The van der Waals surface area contributed by atoms with Gasteiger partial charge >= 0.3 is 0 Å². The standard InChI is InChI=1S/C14H22BrN/c1-4-5-7-11(2)16-12(3)13-8-6-9-14(15)10-13/h6,8-12,16H,4-5,7H2,1-3H3/t11?,12-/m0/s1. The Morgan fingerprint density at radius 1 is 1.31 bits per heavy atom. The molecular weight excluding hydrogens is 262 g/mol. The van der Waals surface area contributed by atoms with Crippen molar-refractivity contribution in [2.75, 3.05) is 0 Å². The SMILES string of the molecule is CCCCC(C)N[C@@H](C)c1cccc(Br)c1. The van der Waals surface area contributed by atoms with Gasteiger partial charge in [-0.2, -0.15) is 0 Å². The molecule has 2 heteroatoms. The van der Waals surface area contributed by atoms with Gasteiger partial charge in [0, 0.05) is 16.6 Å². The molecule has 0 aromatic heterocycles. The fourth-order valence-corrected chi connectivity index (χ4v) is 2.31. The quantitative estimate of drug-likeness (QED) is 0.800. The van der Waals surface area contributed by atoms with Crippen LogP contribution in [-0.4, -0.2) is 6.04 Å². The summed E-state index contributed by atoms with van der Waals surface area (Å²) in [6.07, 6.45) is 3.84. The summed E-state index contributed by atoms with van der Waals surface area (Å²) in [6, 6.07) is 9.53. The van der Waals surface area contributed by atoms with Crippen LogP contribution >= 0.6 is 15.9 Å². The molecule has 0 aliphatic heterocycles. The van der Waals surface area contributed by atoms with Crippen LogP contribution in [-0.2, 0) is 0 Å². The Hall–Kier alpha value is -0.340. The molecule has 2 atom stereocenters. The highest BCUT2D eigenvalue weighted by Crippen LogP contribution is 2.18. The first-order valence-corrected chi connectivity index (χ1v) is 6.94. The van der Waals surface area contributed by atoms with E-state index in [-0.39, 0.29) is 0 Å². The molecular formula is C14H22BrN. The van der Waals surface area contributed by atoms with Gasteiger partial charge in [0.1, 0.15) is 0 Å². The highest BCUT2D eigenvalue weighted by molar-refractivity contribution is 9.10. The zero-order valence-corrected chi connectivity index (χ0v) is 12.0. The van der Waals surface area contributed by atoms with Crippen LogP contribution in [0.4, 0.5) is 0 Å². The molecule has 1 N–H and O–H groups in total. The molecule has 90 valence electrons. The van der Waals surface area contributed by atoms with Crippen molar-refractivity contribution in [3.63, 3.8) is 0 Å². The van der Waals surface area contributed by atoms with Gasteiger partial charge in [-0.25, -0.2) is 0 Å². The number of halogens is 1. The van der Waals surface area contributed by atoms with Crippen LogP contribution in [0.3, 0.4) is 0 Å². The Labute approximate surface area is 108 Å². The first-order valence-electron chi connectivity index (χ1n) is 6.15. The summed E-state index contributed by atoms with van der Waals surface area (Å²) in [7, 11) is 0. The zero-order chi connectivity index (χ0) is 12.0. The molecule has 0 bridgehead atoms. The van der Waals surface area contributed by atoms with Gasteiger partial charge < -0.3 is 5.32 Å². The predicted molar refractivity (Wildman–Crippen MR) is 74.7 cm³/mol. The van der Waals surface area contributed by atoms with Gasteiger partial charge in [-0.15, -0.1) is 0 Å². The maximum atomic E-state index is 3.64. The van der Waals surface area contributed by atoms with Crippen LogP contribution < -0.4 is 5.32 Å². The van der Waals surface area contributed by atoms with E-state index in [9.17, 15) is 0 Å². The fourth-order valence-electron chi connectivity index (χ4n) is 1.89. The summed E-state index contributed by atoms with van der Waals surface area (Å²) in [4.78, 5) is 0. The highest BCUT2D eigenvalue weighted by Gasteiger charge is 2.08. The van der Waals surface area contributed by atoms with Crippen molar-refractivity contribution in [1.82, 2.24) is 5.32 Å². The van der Waals surface area contributed by atoms with Gasteiger partial charge in [0.05, 0.1) is 0 Å². The Balaban J connectivity index is 2.48. The maximum absolute atomic E-state index is 3.64. The third-order valence-electron chi connectivity index (χ3n) is 2.87. The van der Waals surface area contributed by atoms with E-state index < -0.39 is 0 Å². The maximum Gasteiger partial charge on any atom is 0.0294 e. The molecule has 0 saturated carbocycles. The van der Waals surface area contributed by atoms with E-state index in [0.29, 0.717) is 12.1 Å². The van der Waals surface area contributed by atoms with Crippen molar-refractivity contribution in [3.8, 4) is 0 Å². The smallest absolute Gasteiger partial charge is 0.0294 e. The highest BCUT2D eigenvalue weighted by atomic mass is 79.9. The second-order valence-corrected chi connectivity index (χ2v) is 5.40. The monoisotopic (exact) mass is 283 g/mol. The zero-order valence-electron chi connectivity index (χ0n) is 10.5. The van der Waals surface area contributed by atoms with Crippen molar-refractivity contribution in [2.24, 2.45) is 0 Å². The lowest BCUT2D eigenvalue weighted by Crippen LogP contribution is -2.28. The second-order valence-electron chi connectivity index (χ2n) is 4.49. The minimum absolute atomic E-state index is 0.421. The Morgan fingerprint density at radius 3 is 2.69 bits per heavy atom. The molecule has 1 aromatic carbocycles. The van der Waals surface area contributed by atoms with E-state index >= 15 is 0 Å². The van der Waals surface area contributed by atoms with Gasteiger partial charge in [0.15, 0.2) is 0 Å². The summed E-state index contributed by atoms with van der Waals surface area (Å²) >= 11 is 3.51. The van der Waals surface area contributed by atoms with E-state index in [1.807, 2.05) is 0 Å². The summed E-state index contributed by atoms with van der Waals surface area (Å²) in [5.74, 6) is 0. The Bertz CT molecular complexity index is 311. The molecule has 0 saturated heterocycles. The van der Waals surface area contributed by atoms with Crippen LogP contribution in [0.1, 0.15) is 51.6 Å². The molecule has 16 heavy (non-hydrogen) atoms. The van der Waals surface area contributed by atoms with Gasteiger partial charge in [0.2, 0.25) is 0 Å². The van der Waals surface area contributed by atoms with Crippen molar-refractivity contribution in [1.29, 1.82) is 0 Å². The van der Waals surface area contributed by atoms with Gasteiger partial charge in [-0.1, -0.05) is 47.8 Å². The van der Waals surface area contributed by atoms with Gasteiger partial charge in [-0.05, 0) is 38.0 Å². The number of hydrogen-bond acceptors (Lipinski definition) is 1. The molecule has 1 nitrogen and oxygen atoms in total. The minimum atomic E-state index is 0.421. The second kappa shape index (κ2) is 7.08. The third-order valence-corrected chi connectivity index (χ3v) is 3.37. The molecule has 0 aliphatic rings.